The van der Waals surface area contributed by atoms with Gasteiger partial charge < -0.3 is 21.3 Å². The molecule has 0 aliphatic carbocycles. The van der Waals surface area contributed by atoms with Crippen molar-refractivity contribution in [3.63, 3.8) is 0 Å². The van der Waals surface area contributed by atoms with Gasteiger partial charge in [-0.05, 0) is 60.2 Å². The molecule has 3 aromatic carbocycles. The van der Waals surface area contributed by atoms with Crippen LogP contribution in [0.5, 0.6) is 0 Å². The fourth-order valence-corrected chi connectivity index (χ4v) is 4.14. The lowest BCUT2D eigenvalue weighted by Gasteiger charge is -2.14. The van der Waals surface area contributed by atoms with E-state index < -0.39 is 11.7 Å². The zero-order valence-electron chi connectivity index (χ0n) is 21.0. The smallest absolute Gasteiger partial charge is 0.337 e. The van der Waals surface area contributed by atoms with Crippen molar-refractivity contribution in [2.24, 2.45) is 0 Å². The molecule has 0 radical (unpaired) electrons. The van der Waals surface area contributed by atoms with Gasteiger partial charge in [-0.25, -0.2) is 4.98 Å². The van der Waals surface area contributed by atoms with Gasteiger partial charge in [0.15, 0.2) is 5.82 Å². The largest absolute Gasteiger partial charge is 0.416 e. The number of carbonyl (C=O) groups is 2. The highest BCUT2D eigenvalue weighted by Gasteiger charge is 2.30. The quantitative estimate of drug-likeness (QED) is 0.173. The fraction of sp³-hybridized carbons (Fsp3) is 0.0345. The zero-order valence-corrected chi connectivity index (χ0v) is 21.8. The van der Waals surface area contributed by atoms with Gasteiger partial charge in [0.2, 0.25) is 11.9 Å². The van der Waals surface area contributed by atoms with Crippen LogP contribution in [0.25, 0.3) is 11.6 Å². The van der Waals surface area contributed by atoms with Crippen LogP contribution in [0.2, 0.25) is 5.02 Å². The van der Waals surface area contributed by atoms with Crippen LogP contribution in [-0.4, -0.2) is 21.8 Å². The second-order valence-electron chi connectivity index (χ2n) is 8.77. The maximum Gasteiger partial charge on any atom is 0.416 e. The van der Waals surface area contributed by atoms with E-state index in [2.05, 4.69) is 37.8 Å². The number of alkyl halides is 3. The highest BCUT2D eigenvalue weighted by atomic mass is 35.5. The molecule has 8 nitrogen and oxygen atoms in total. The number of nitrogens with one attached hydrogen (secondary N) is 4. The van der Waals surface area contributed by atoms with Crippen LogP contribution in [0.4, 0.5) is 47.7 Å². The van der Waals surface area contributed by atoms with Crippen LogP contribution in [0.1, 0.15) is 16.7 Å². The minimum absolute atomic E-state index is 0.190. The Labute approximate surface area is 237 Å². The van der Waals surface area contributed by atoms with Crippen molar-refractivity contribution in [2.75, 3.05) is 21.3 Å². The van der Waals surface area contributed by atoms with E-state index >= 15 is 0 Å². The molecule has 2 amide bonds. The summed E-state index contributed by atoms with van der Waals surface area (Å²) in [5.41, 5.74) is 2.64. The molecular weight excluding hydrogens is 557 g/mol. The maximum absolute atomic E-state index is 12.9. The molecule has 41 heavy (non-hydrogen) atoms. The van der Waals surface area contributed by atoms with Gasteiger partial charge in [0, 0.05) is 22.5 Å². The van der Waals surface area contributed by atoms with E-state index in [9.17, 15) is 22.8 Å². The molecule has 2 heterocycles. The summed E-state index contributed by atoms with van der Waals surface area (Å²) >= 11 is 6.32. The molecule has 0 unspecified atom stereocenters. The first-order valence-electron chi connectivity index (χ1n) is 12.0. The first kappa shape index (κ1) is 27.4. The summed E-state index contributed by atoms with van der Waals surface area (Å²) < 4.78 is 38.7. The van der Waals surface area contributed by atoms with E-state index in [1.54, 1.807) is 42.5 Å². The van der Waals surface area contributed by atoms with Crippen molar-refractivity contribution in [1.29, 1.82) is 0 Å². The number of carbonyl (C=O) groups excluding carboxylic acids is 2. The molecule has 1 aromatic heterocycles. The average Bonchev–Trinajstić information content (AvgIpc) is 3.25. The predicted octanol–water partition coefficient (Wildman–Crippen LogP) is 7.25. The third-order valence-corrected chi connectivity index (χ3v) is 6.25. The molecule has 4 N–H and O–H groups in total. The lowest BCUT2D eigenvalue weighted by atomic mass is 10.0. The van der Waals surface area contributed by atoms with Gasteiger partial charge in [0.05, 0.1) is 23.1 Å². The summed E-state index contributed by atoms with van der Waals surface area (Å²) in [6.07, 6.45) is -0.374. The average molecular weight is 577 g/mol. The SMILES string of the molecule is C=CC(=O)Nc1ccccc1Nc1nc(Nc2ccc3c(c2)/C(=C/c2ccc(C(F)(F)F)cc2)C(=O)N3)ncc1Cl. The first-order valence-corrected chi connectivity index (χ1v) is 12.4. The molecule has 0 atom stereocenters. The Bertz CT molecular complexity index is 1700. The molecule has 0 spiro atoms. The number of amides is 2. The maximum atomic E-state index is 12.9. The Morgan fingerprint density at radius 2 is 1.73 bits per heavy atom. The normalized spacial score (nSPS) is 13.4. The molecule has 1 aliphatic heterocycles. The first-order chi connectivity index (χ1) is 19.6. The minimum atomic E-state index is -4.45. The van der Waals surface area contributed by atoms with E-state index in [1.165, 1.54) is 24.4 Å². The Morgan fingerprint density at radius 3 is 2.44 bits per heavy atom. The second kappa shape index (κ2) is 11.1. The number of nitrogens with zero attached hydrogens (tertiary/aromatic N) is 2. The van der Waals surface area contributed by atoms with Crippen molar-refractivity contribution in [2.45, 2.75) is 6.18 Å². The third-order valence-electron chi connectivity index (χ3n) is 5.98. The summed E-state index contributed by atoms with van der Waals surface area (Å²) in [6.45, 7) is 3.45. The van der Waals surface area contributed by atoms with Crippen molar-refractivity contribution >= 4 is 69.6 Å². The van der Waals surface area contributed by atoms with Gasteiger partial charge in [0.25, 0.3) is 5.91 Å². The number of hydrogen-bond donors (Lipinski definition) is 4. The molecule has 0 saturated carbocycles. The van der Waals surface area contributed by atoms with Gasteiger partial charge in [-0.3, -0.25) is 9.59 Å². The number of benzene rings is 3. The van der Waals surface area contributed by atoms with Crippen LogP contribution in [0, 0.1) is 0 Å². The van der Waals surface area contributed by atoms with Gasteiger partial charge >= 0.3 is 6.18 Å². The van der Waals surface area contributed by atoms with Gasteiger partial charge in [-0.2, -0.15) is 18.2 Å². The van der Waals surface area contributed by atoms with Crippen molar-refractivity contribution in [3.05, 3.63) is 107 Å². The van der Waals surface area contributed by atoms with Crippen LogP contribution in [-0.2, 0) is 15.8 Å². The Hall–Kier alpha value is -5.16. The molecule has 12 heteroatoms. The molecule has 206 valence electrons. The van der Waals surface area contributed by atoms with Crippen molar-refractivity contribution < 1.29 is 22.8 Å². The topological polar surface area (TPSA) is 108 Å². The summed E-state index contributed by atoms with van der Waals surface area (Å²) in [4.78, 5) is 33.1. The lowest BCUT2D eigenvalue weighted by molar-refractivity contribution is -0.137. The van der Waals surface area contributed by atoms with Gasteiger partial charge in [-0.1, -0.05) is 42.4 Å². The van der Waals surface area contributed by atoms with E-state index in [1.807, 2.05) is 0 Å². The summed E-state index contributed by atoms with van der Waals surface area (Å²) in [7, 11) is 0. The van der Waals surface area contributed by atoms with Crippen LogP contribution in [0.3, 0.4) is 0 Å². The number of hydrogen-bond acceptors (Lipinski definition) is 6. The van der Waals surface area contributed by atoms with E-state index in [0.29, 0.717) is 39.4 Å². The molecule has 0 bridgehead atoms. The summed E-state index contributed by atoms with van der Waals surface area (Å²) in [5.74, 6) is -0.305. The highest BCUT2D eigenvalue weighted by Crippen LogP contribution is 2.37. The zero-order chi connectivity index (χ0) is 29.1. The monoisotopic (exact) mass is 576 g/mol. The Morgan fingerprint density at radius 1 is 1.00 bits per heavy atom. The third kappa shape index (κ3) is 6.20. The number of anilines is 6. The number of para-hydroxylation sites is 2. The molecule has 0 saturated heterocycles. The van der Waals surface area contributed by atoms with E-state index in [4.69, 9.17) is 11.6 Å². The molecule has 1 aliphatic rings. The number of halogens is 4. The number of fused-ring (bicyclic) bond motifs is 1. The van der Waals surface area contributed by atoms with E-state index in [0.717, 1.165) is 18.2 Å². The standard InChI is InChI=1S/C29H20ClF3N6O2/c1-2-25(40)36-23-5-3-4-6-24(23)37-26-21(30)15-34-28(39-26)35-18-11-12-22-19(14-18)20(27(41)38-22)13-16-7-9-17(10-8-16)29(31,32)33/h2-15H,1H2,(H,36,40)(H,38,41)(H2,34,35,37,39)/b20-13-. The lowest BCUT2D eigenvalue weighted by Crippen LogP contribution is -2.09. The van der Waals surface area contributed by atoms with Crippen LogP contribution >= 0.6 is 11.6 Å². The van der Waals surface area contributed by atoms with E-state index in [-0.39, 0.29) is 28.6 Å². The Kier molecular flexibility index (Phi) is 7.45. The predicted molar refractivity (Wildman–Crippen MR) is 153 cm³/mol. The number of rotatable bonds is 7. The Balaban J connectivity index is 1.39. The van der Waals surface area contributed by atoms with Gasteiger partial charge in [0.1, 0.15) is 5.02 Å². The molecule has 5 rings (SSSR count). The minimum Gasteiger partial charge on any atom is -0.337 e. The van der Waals surface area contributed by atoms with Crippen molar-refractivity contribution in [3.8, 4) is 0 Å². The number of aromatic nitrogens is 2. The molecule has 4 aromatic rings. The van der Waals surface area contributed by atoms with Crippen LogP contribution < -0.4 is 21.3 Å². The van der Waals surface area contributed by atoms with Gasteiger partial charge in [-0.15, -0.1) is 0 Å². The molecular formula is C29H20ClF3N6O2. The second-order valence-corrected chi connectivity index (χ2v) is 9.18. The fourth-order valence-electron chi connectivity index (χ4n) is 4.00. The van der Waals surface area contributed by atoms with Crippen LogP contribution in [0.15, 0.2) is 85.6 Å². The summed E-state index contributed by atoms with van der Waals surface area (Å²) in [5, 5.41) is 11.8. The van der Waals surface area contributed by atoms with Crippen molar-refractivity contribution in [1.82, 2.24) is 9.97 Å². The molecule has 0 fully saturated rings. The highest BCUT2D eigenvalue weighted by molar-refractivity contribution is 6.35. The summed E-state index contributed by atoms with van der Waals surface area (Å²) in [6, 6.07) is 16.6.